The summed E-state index contributed by atoms with van der Waals surface area (Å²) in [5, 5.41) is 0. The van der Waals surface area contributed by atoms with Gasteiger partial charge in [0.1, 0.15) is 6.04 Å². The maximum Gasteiger partial charge on any atom is 0.235 e. The molecule has 3 heterocycles. The van der Waals surface area contributed by atoms with Crippen LogP contribution in [-0.2, 0) is 9.59 Å². The number of rotatable bonds is 5. The highest BCUT2D eigenvalue weighted by Gasteiger charge is 2.63. The summed E-state index contributed by atoms with van der Waals surface area (Å²) in [7, 11) is 0. The number of benzene rings is 2. The molecule has 0 radical (unpaired) electrons. The molecule has 6 heteroatoms. The number of carbonyl (C=O) groups is 3. The molecule has 5 nitrogen and oxygen atoms in total. The Balaban J connectivity index is 1.63. The van der Waals surface area contributed by atoms with E-state index in [1.807, 2.05) is 60.4 Å². The van der Waals surface area contributed by atoms with Crippen molar-refractivity contribution in [2.75, 3.05) is 11.4 Å². The molecule has 3 aliphatic rings. The Bertz CT molecular complexity index is 1100. The summed E-state index contributed by atoms with van der Waals surface area (Å²) < 4.78 is 0.942. The Morgan fingerprint density at radius 1 is 1.03 bits per heavy atom. The fourth-order valence-electron chi connectivity index (χ4n) is 5.22. The Hall–Kier alpha value is -2.73. The fourth-order valence-corrected chi connectivity index (χ4v) is 5.59. The molecular formula is C25H23BrN2O3. The van der Waals surface area contributed by atoms with Gasteiger partial charge in [-0.15, -0.1) is 0 Å². The average Bonchev–Trinajstić information content (AvgIpc) is 3.25. The molecule has 3 aliphatic heterocycles. The van der Waals surface area contributed by atoms with E-state index in [9.17, 15) is 14.4 Å². The number of anilines is 1. The first-order valence-electron chi connectivity index (χ1n) is 10.7. The first kappa shape index (κ1) is 20.2. The van der Waals surface area contributed by atoms with Crippen LogP contribution < -0.4 is 4.90 Å². The van der Waals surface area contributed by atoms with E-state index in [0.717, 1.165) is 28.6 Å². The molecule has 2 aromatic rings. The highest BCUT2D eigenvalue weighted by atomic mass is 79.9. The first-order valence-corrected chi connectivity index (χ1v) is 11.5. The lowest BCUT2D eigenvalue weighted by Crippen LogP contribution is -2.48. The van der Waals surface area contributed by atoms with Gasteiger partial charge in [0.2, 0.25) is 11.8 Å². The first-order chi connectivity index (χ1) is 15.0. The number of carbonyl (C=O) groups excluding carboxylic acids is 3. The molecule has 4 atom stereocenters. The molecule has 2 saturated heterocycles. The lowest BCUT2D eigenvalue weighted by atomic mass is 9.86. The summed E-state index contributed by atoms with van der Waals surface area (Å²) in [5.41, 5.74) is 2.42. The van der Waals surface area contributed by atoms with E-state index in [4.69, 9.17) is 0 Å². The van der Waals surface area contributed by atoms with Gasteiger partial charge >= 0.3 is 0 Å². The van der Waals surface area contributed by atoms with Gasteiger partial charge in [-0.3, -0.25) is 19.3 Å². The van der Waals surface area contributed by atoms with E-state index in [1.165, 1.54) is 4.90 Å². The number of fused-ring (bicyclic) bond motifs is 5. The summed E-state index contributed by atoms with van der Waals surface area (Å²) in [6, 6.07) is 14.0. The average molecular weight is 479 g/mol. The van der Waals surface area contributed by atoms with Gasteiger partial charge in [0.25, 0.3) is 0 Å². The molecule has 0 saturated carbocycles. The number of halogens is 1. The minimum absolute atomic E-state index is 0.110. The smallest absolute Gasteiger partial charge is 0.235 e. The maximum absolute atomic E-state index is 13.7. The Labute approximate surface area is 189 Å². The van der Waals surface area contributed by atoms with E-state index in [1.54, 1.807) is 12.1 Å². The topological polar surface area (TPSA) is 57.7 Å². The number of imide groups is 1. The monoisotopic (exact) mass is 478 g/mol. The number of hydrogen-bond acceptors (Lipinski definition) is 4. The predicted molar refractivity (Wildman–Crippen MR) is 123 cm³/mol. The summed E-state index contributed by atoms with van der Waals surface area (Å²) >= 11 is 3.51. The number of ketones is 1. The van der Waals surface area contributed by atoms with Crippen LogP contribution in [0.5, 0.6) is 0 Å². The lowest BCUT2D eigenvalue weighted by molar-refractivity contribution is -0.140. The number of Topliss-reactive ketones (excluding diaryl/α,β-unsaturated/α-hetero) is 1. The quantitative estimate of drug-likeness (QED) is 0.474. The zero-order chi connectivity index (χ0) is 21.7. The summed E-state index contributed by atoms with van der Waals surface area (Å²) in [5.74, 6) is -1.66. The van der Waals surface area contributed by atoms with Crippen LogP contribution in [0.3, 0.4) is 0 Å². The van der Waals surface area contributed by atoms with E-state index in [-0.39, 0.29) is 23.6 Å². The van der Waals surface area contributed by atoms with Crippen LogP contribution >= 0.6 is 15.9 Å². The standard InChI is InChI=1S/C25H23BrN2O3/c1-2-3-13-27-24(30)20-19-11-9-16-14-17(26)10-12-18(16)28(19)22(21(20)25(27)31)23(29)15-7-5-4-6-8-15/h4-12,14,19-22H,2-3,13H2,1H3/t19-,20+,21+,22-/m1/s1. The van der Waals surface area contributed by atoms with Crippen molar-refractivity contribution in [2.45, 2.75) is 31.8 Å². The molecule has 0 aliphatic carbocycles. The van der Waals surface area contributed by atoms with Crippen LogP contribution in [0.15, 0.2) is 59.1 Å². The van der Waals surface area contributed by atoms with E-state index < -0.39 is 17.9 Å². The second-order valence-corrected chi connectivity index (χ2v) is 9.28. The highest BCUT2D eigenvalue weighted by molar-refractivity contribution is 9.10. The molecule has 0 aromatic heterocycles. The van der Waals surface area contributed by atoms with Crippen molar-refractivity contribution < 1.29 is 14.4 Å². The van der Waals surface area contributed by atoms with E-state index >= 15 is 0 Å². The molecule has 0 N–H and O–H groups in total. The Morgan fingerprint density at radius 2 is 1.77 bits per heavy atom. The third-order valence-corrected chi connectivity index (χ3v) is 7.11. The number of hydrogen-bond donors (Lipinski definition) is 0. The summed E-state index contributed by atoms with van der Waals surface area (Å²) in [6.45, 7) is 2.46. The fraction of sp³-hybridized carbons (Fsp3) is 0.320. The van der Waals surface area contributed by atoms with Crippen LogP contribution in [0.25, 0.3) is 6.08 Å². The Kier molecular flexibility index (Phi) is 5.05. The second kappa shape index (κ2) is 7.75. The molecule has 0 bridgehead atoms. The molecule has 2 aromatic carbocycles. The SMILES string of the molecule is CCCCN1C(=O)[C@@H]2[C@H](C1=O)[C@H](C(=O)c1ccccc1)N1c3ccc(Br)cc3C=C[C@H]21. The Morgan fingerprint density at radius 3 is 2.52 bits per heavy atom. The van der Waals surface area contributed by atoms with Gasteiger partial charge in [-0.25, -0.2) is 0 Å². The molecule has 0 unspecified atom stereocenters. The van der Waals surface area contributed by atoms with Crippen molar-refractivity contribution in [1.82, 2.24) is 4.90 Å². The second-order valence-electron chi connectivity index (χ2n) is 8.37. The largest absolute Gasteiger partial charge is 0.352 e. The summed E-state index contributed by atoms with van der Waals surface area (Å²) in [4.78, 5) is 44.0. The molecule has 158 valence electrons. The number of amides is 2. The van der Waals surface area contributed by atoms with Gasteiger partial charge in [-0.2, -0.15) is 0 Å². The van der Waals surface area contributed by atoms with Gasteiger partial charge < -0.3 is 4.90 Å². The third kappa shape index (κ3) is 3.07. The van der Waals surface area contributed by atoms with Crippen molar-refractivity contribution in [1.29, 1.82) is 0 Å². The third-order valence-electron chi connectivity index (χ3n) is 6.62. The minimum atomic E-state index is -0.703. The van der Waals surface area contributed by atoms with E-state index in [2.05, 4.69) is 15.9 Å². The molecule has 5 rings (SSSR count). The summed E-state index contributed by atoms with van der Waals surface area (Å²) in [6.07, 6.45) is 5.66. The van der Waals surface area contributed by atoms with Crippen LogP contribution in [0.2, 0.25) is 0 Å². The van der Waals surface area contributed by atoms with Crippen molar-refractivity contribution in [3.63, 3.8) is 0 Å². The molecular weight excluding hydrogens is 456 g/mol. The molecule has 31 heavy (non-hydrogen) atoms. The van der Waals surface area contributed by atoms with Gasteiger partial charge in [0, 0.05) is 22.3 Å². The number of likely N-dealkylation sites (tertiary alicyclic amines) is 1. The van der Waals surface area contributed by atoms with Crippen LogP contribution in [0.4, 0.5) is 5.69 Å². The highest BCUT2D eigenvalue weighted by Crippen LogP contribution is 2.49. The molecule has 2 amide bonds. The normalized spacial score (nSPS) is 26.1. The van der Waals surface area contributed by atoms with Gasteiger partial charge in [0.15, 0.2) is 5.78 Å². The van der Waals surface area contributed by atoms with Crippen molar-refractivity contribution in [2.24, 2.45) is 11.8 Å². The van der Waals surface area contributed by atoms with Crippen LogP contribution in [0, 0.1) is 11.8 Å². The molecule has 2 fully saturated rings. The zero-order valence-electron chi connectivity index (χ0n) is 17.2. The van der Waals surface area contributed by atoms with Gasteiger partial charge in [0.05, 0.1) is 17.9 Å². The van der Waals surface area contributed by atoms with Crippen molar-refractivity contribution in [3.05, 3.63) is 70.2 Å². The zero-order valence-corrected chi connectivity index (χ0v) is 18.8. The lowest BCUT2D eigenvalue weighted by Gasteiger charge is -2.36. The maximum atomic E-state index is 13.7. The number of unbranched alkanes of at least 4 members (excludes halogenated alkanes) is 1. The van der Waals surface area contributed by atoms with Crippen LogP contribution in [0.1, 0.15) is 35.7 Å². The van der Waals surface area contributed by atoms with Crippen LogP contribution in [-0.4, -0.2) is 41.1 Å². The molecule has 0 spiro atoms. The minimum Gasteiger partial charge on any atom is -0.352 e. The van der Waals surface area contributed by atoms with E-state index in [0.29, 0.717) is 12.1 Å². The van der Waals surface area contributed by atoms with Gasteiger partial charge in [-0.05, 0) is 30.2 Å². The predicted octanol–water partition coefficient (Wildman–Crippen LogP) is 4.32. The van der Waals surface area contributed by atoms with Crippen molar-refractivity contribution in [3.8, 4) is 0 Å². The van der Waals surface area contributed by atoms with Gasteiger partial charge in [-0.1, -0.05) is 71.8 Å². The number of nitrogens with zero attached hydrogens (tertiary/aromatic N) is 2. The van der Waals surface area contributed by atoms with Crippen molar-refractivity contribution >= 4 is 45.3 Å².